The Hall–Kier alpha value is -3.74. The van der Waals surface area contributed by atoms with Gasteiger partial charge in [-0.3, -0.25) is 9.78 Å². The van der Waals surface area contributed by atoms with Gasteiger partial charge < -0.3 is 24.6 Å². The van der Waals surface area contributed by atoms with Crippen molar-refractivity contribution < 1.29 is 24.5 Å². The number of fused-ring (bicyclic) bond motifs is 1. The highest BCUT2D eigenvalue weighted by Gasteiger charge is 2.34. The van der Waals surface area contributed by atoms with E-state index in [-0.39, 0.29) is 23.0 Å². The molecular weight excluding hydrogens is 384 g/mol. The van der Waals surface area contributed by atoms with Crippen LogP contribution in [0, 0.1) is 0 Å². The van der Waals surface area contributed by atoms with Crippen molar-refractivity contribution in [3.8, 4) is 23.0 Å². The average Bonchev–Trinajstić information content (AvgIpc) is 2.77. The molecule has 0 saturated carbocycles. The number of hydrogen-bond acceptors (Lipinski definition) is 6. The van der Waals surface area contributed by atoms with E-state index >= 15 is 0 Å². The van der Waals surface area contributed by atoms with Gasteiger partial charge in [0.1, 0.15) is 11.5 Å². The van der Waals surface area contributed by atoms with Crippen molar-refractivity contribution >= 4 is 5.91 Å². The van der Waals surface area contributed by atoms with Gasteiger partial charge >= 0.3 is 0 Å². The van der Waals surface area contributed by atoms with Crippen LogP contribution >= 0.6 is 0 Å². The number of hydrogen-bond donors (Lipinski definition) is 2. The van der Waals surface area contributed by atoms with E-state index in [1.807, 2.05) is 24.3 Å². The molecule has 0 saturated heterocycles. The molecule has 0 bridgehead atoms. The number of nitrogens with zero attached hydrogens (tertiary/aromatic N) is 2. The summed E-state index contributed by atoms with van der Waals surface area (Å²) in [5.41, 5.74) is 2.95. The topological polar surface area (TPSA) is 92.1 Å². The number of phenols is 2. The number of aromatic nitrogens is 1. The van der Waals surface area contributed by atoms with Gasteiger partial charge in [0, 0.05) is 25.0 Å². The Morgan fingerprint density at radius 2 is 1.87 bits per heavy atom. The van der Waals surface area contributed by atoms with Crippen LogP contribution in [0.3, 0.4) is 0 Å². The normalized spacial score (nSPS) is 15.4. The Bertz CT molecular complexity index is 1080. The molecule has 0 fully saturated rings. The molecule has 1 aliphatic heterocycles. The number of benzene rings is 2. The average molecular weight is 406 g/mol. The predicted octanol–water partition coefficient (Wildman–Crippen LogP) is 3.30. The fraction of sp³-hybridized carbons (Fsp3) is 0.217. The van der Waals surface area contributed by atoms with E-state index in [0.717, 1.165) is 22.8 Å². The molecule has 154 valence electrons. The van der Waals surface area contributed by atoms with Crippen molar-refractivity contribution in [3.05, 3.63) is 77.1 Å². The molecule has 7 nitrogen and oxygen atoms in total. The monoisotopic (exact) mass is 406 g/mol. The Balaban J connectivity index is 1.85. The van der Waals surface area contributed by atoms with Gasteiger partial charge in [0.2, 0.25) is 0 Å². The number of rotatable bonds is 4. The van der Waals surface area contributed by atoms with Crippen molar-refractivity contribution in [2.24, 2.45) is 0 Å². The summed E-state index contributed by atoms with van der Waals surface area (Å²) in [6.45, 7) is 0.446. The molecule has 0 aliphatic carbocycles. The van der Waals surface area contributed by atoms with E-state index in [0.29, 0.717) is 24.5 Å². The lowest BCUT2D eigenvalue weighted by Crippen LogP contribution is -2.40. The van der Waals surface area contributed by atoms with Crippen molar-refractivity contribution in [3.63, 3.8) is 0 Å². The van der Waals surface area contributed by atoms with E-state index in [4.69, 9.17) is 9.47 Å². The summed E-state index contributed by atoms with van der Waals surface area (Å²) < 4.78 is 10.9. The minimum Gasteiger partial charge on any atom is -0.508 e. The molecule has 1 amide bonds. The molecule has 4 rings (SSSR count). The summed E-state index contributed by atoms with van der Waals surface area (Å²) in [5.74, 6) is 0.516. The van der Waals surface area contributed by atoms with Crippen LogP contribution in [0.25, 0.3) is 0 Å². The number of aromatic hydroxyl groups is 2. The van der Waals surface area contributed by atoms with Crippen LogP contribution in [-0.4, -0.2) is 46.8 Å². The number of methoxy groups -OCH3 is 2. The van der Waals surface area contributed by atoms with E-state index in [2.05, 4.69) is 4.98 Å². The lowest BCUT2D eigenvalue weighted by molar-refractivity contribution is 0.0691. The molecule has 1 aliphatic rings. The summed E-state index contributed by atoms with van der Waals surface area (Å²) in [5, 5.41) is 19.8. The predicted molar refractivity (Wildman–Crippen MR) is 110 cm³/mol. The smallest absolute Gasteiger partial charge is 0.258 e. The maximum absolute atomic E-state index is 13.4. The number of carbonyl (C=O) groups is 1. The van der Waals surface area contributed by atoms with Gasteiger partial charge in [0.15, 0.2) is 11.5 Å². The Morgan fingerprint density at radius 3 is 2.53 bits per heavy atom. The first-order valence-corrected chi connectivity index (χ1v) is 9.51. The van der Waals surface area contributed by atoms with Crippen LogP contribution in [0.2, 0.25) is 0 Å². The van der Waals surface area contributed by atoms with Gasteiger partial charge in [-0.05, 0) is 53.4 Å². The van der Waals surface area contributed by atoms with Gasteiger partial charge in [0.25, 0.3) is 5.91 Å². The zero-order chi connectivity index (χ0) is 21.3. The fourth-order valence-corrected chi connectivity index (χ4v) is 3.92. The van der Waals surface area contributed by atoms with Crippen LogP contribution < -0.4 is 9.47 Å². The van der Waals surface area contributed by atoms with Gasteiger partial charge in [-0.1, -0.05) is 6.07 Å². The number of carbonyl (C=O) groups excluding carboxylic acids is 1. The molecule has 2 N–H and O–H groups in total. The third kappa shape index (κ3) is 3.39. The fourth-order valence-electron chi connectivity index (χ4n) is 3.92. The first-order valence-electron chi connectivity index (χ1n) is 9.51. The van der Waals surface area contributed by atoms with Crippen molar-refractivity contribution in [2.45, 2.75) is 12.5 Å². The number of pyridine rings is 1. The molecule has 2 aromatic carbocycles. The van der Waals surface area contributed by atoms with Crippen LogP contribution in [0.15, 0.2) is 54.9 Å². The SMILES string of the molecule is COc1cc2c(cc1OC)[C@@H](c1cccnc1)N(C(=O)c1ccc(O)cc1O)CC2. The maximum atomic E-state index is 13.4. The van der Waals surface area contributed by atoms with Gasteiger partial charge in [0.05, 0.1) is 25.8 Å². The molecule has 30 heavy (non-hydrogen) atoms. The van der Waals surface area contributed by atoms with Crippen molar-refractivity contribution in [2.75, 3.05) is 20.8 Å². The Labute approximate surface area is 174 Å². The largest absolute Gasteiger partial charge is 0.508 e. The summed E-state index contributed by atoms with van der Waals surface area (Å²) in [6.07, 6.45) is 4.03. The first kappa shape index (κ1) is 19.6. The summed E-state index contributed by atoms with van der Waals surface area (Å²) in [7, 11) is 3.17. The second-order valence-electron chi connectivity index (χ2n) is 7.04. The second kappa shape index (κ2) is 7.94. The Morgan fingerprint density at radius 1 is 1.10 bits per heavy atom. The van der Waals surface area contributed by atoms with Crippen LogP contribution in [0.4, 0.5) is 0 Å². The molecule has 0 spiro atoms. The van der Waals surface area contributed by atoms with E-state index < -0.39 is 6.04 Å². The molecule has 2 heterocycles. The summed E-state index contributed by atoms with van der Waals surface area (Å²) >= 11 is 0. The van der Waals surface area contributed by atoms with Crippen molar-refractivity contribution in [1.29, 1.82) is 0 Å². The third-order valence-electron chi connectivity index (χ3n) is 5.35. The molecule has 0 radical (unpaired) electrons. The summed E-state index contributed by atoms with van der Waals surface area (Å²) in [4.78, 5) is 19.3. The number of amides is 1. The van der Waals surface area contributed by atoms with E-state index in [9.17, 15) is 15.0 Å². The van der Waals surface area contributed by atoms with Gasteiger partial charge in [-0.15, -0.1) is 0 Å². The van der Waals surface area contributed by atoms with Crippen molar-refractivity contribution in [1.82, 2.24) is 9.88 Å². The zero-order valence-electron chi connectivity index (χ0n) is 16.7. The number of phenolic OH excluding ortho intramolecular Hbond substituents is 2. The first-order chi connectivity index (χ1) is 14.5. The molecule has 1 aromatic heterocycles. The van der Waals surface area contributed by atoms with E-state index in [1.165, 1.54) is 12.1 Å². The highest BCUT2D eigenvalue weighted by atomic mass is 16.5. The standard InChI is InChI=1S/C23H22N2O5/c1-29-20-10-14-7-9-25(23(28)17-6-5-16(26)11-19(17)27)22(15-4-3-8-24-13-15)18(14)12-21(20)30-2/h3-6,8,10-13,22,26-27H,7,9H2,1-2H3/t22-/m1/s1. The highest BCUT2D eigenvalue weighted by molar-refractivity contribution is 5.97. The molecule has 0 unspecified atom stereocenters. The molecule has 7 heteroatoms. The van der Waals surface area contributed by atoms with Gasteiger partial charge in [-0.25, -0.2) is 0 Å². The number of ether oxygens (including phenoxy) is 2. The lowest BCUT2D eigenvalue weighted by atomic mass is 9.87. The summed E-state index contributed by atoms with van der Waals surface area (Å²) in [6, 6.07) is 11.1. The lowest BCUT2D eigenvalue weighted by Gasteiger charge is -2.38. The Kier molecular flexibility index (Phi) is 5.18. The maximum Gasteiger partial charge on any atom is 0.258 e. The quantitative estimate of drug-likeness (QED) is 0.691. The van der Waals surface area contributed by atoms with Gasteiger partial charge in [-0.2, -0.15) is 0 Å². The van der Waals surface area contributed by atoms with Crippen LogP contribution in [0.1, 0.15) is 33.1 Å². The minimum absolute atomic E-state index is 0.103. The molecule has 1 atom stereocenters. The minimum atomic E-state index is -0.414. The third-order valence-corrected chi connectivity index (χ3v) is 5.35. The second-order valence-corrected chi connectivity index (χ2v) is 7.04. The highest BCUT2D eigenvalue weighted by Crippen LogP contribution is 2.41. The van der Waals surface area contributed by atoms with E-state index in [1.54, 1.807) is 31.5 Å². The zero-order valence-corrected chi connectivity index (χ0v) is 16.7. The molecular formula is C23H22N2O5. The van der Waals surface area contributed by atoms with Crippen LogP contribution in [-0.2, 0) is 6.42 Å². The molecule has 3 aromatic rings. The van der Waals surface area contributed by atoms with Crippen LogP contribution in [0.5, 0.6) is 23.0 Å².